The van der Waals surface area contributed by atoms with E-state index in [-0.39, 0.29) is 0 Å². The topological polar surface area (TPSA) is 56.9 Å². The van der Waals surface area contributed by atoms with Gasteiger partial charge in [0, 0.05) is 19.1 Å². The van der Waals surface area contributed by atoms with Crippen LogP contribution >= 0.6 is 0 Å². The minimum atomic E-state index is 0.659. The monoisotopic (exact) mass is 261 g/mol. The van der Waals surface area contributed by atoms with E-state index in [2.05, 4.69) is 34.3 Å². The molecule has 0 unspecified atom stereocenters. The maximum Gasteiger partial charge on any atom is 0.213 e. The highest BCUT2D eigenvalue weighted by atomic mass is 15.4. The van der Waals surface area contributed by atoms with Gasteiger partial charge in [-0.25, -0.2) is 10.8 Å². The summed E-state index contributed by atoms with van der Waals surface area (Å²) in [7, 11) is 4.28. The lowest BCUT2D eigenvalue weighted by molar-refractivity contribution is 0.189. The smallest absolute Gasteiger partial charge is 0.213 e. The lowest BCUT2D eigenvalue weighted by Crippen LogP contribution is -2.50. The average molecular weight is 261 g/mol. The van der Waals surface area contributed by atoms with Gasteiger partial charge in [-0.05, 0) is 39.1 Å². The quantitative estimate of drug-likeness (QED) is 0.363. The summed E-state index contributed by atoms with van der Waals surface area (Å²) in [4.78, 5) is 9.07. The molecule has 1 aliphatic rings. The fourth-order valence-electron chi connectivity index (χ4n) is 2.41. The van der Waals surface area contributed by atoms with Crippen molar-refractivity contribution in [1.29, 1.82) is 0 Å². The van der Waals surface area contributed by atoms with Gasteiger partial charge in [-0.2, -0.15) is 0 Å². The van der Waals surface area contributed by atoms with Crippen LogP contribution in [0.2, 0.25) is 0 Å². The lowest BCUT2D eigenvalue weighted by Gasteiger charge is -2.36. The van der Waals surface area contributed by atoms with E-state index in [4.69, 9.17) is 5.84 Å². The van der Waals surface area contributed by atoms with Crippen molar-refractivity contribution in [3.63, 3.8) is 0 Å². The van der Waals surface area contributed by atoms with Gasteiger partial charge in [0.05, 0.1) is 5.69 Å². The molecule has 5 heteroatoms. The van der Waals surface area contributed by atoms with Gasteiger partial charge in [0.15, 0.2) is 0 Å². The molecule has 0 bridgehead atoms. The number of hydrogen-bond donors (Lipinski definition) is 2. The van der Waals surface area contributed by atoms with E-state index >= 15 is 0 Å². The van der Waals surface area contributed by atoms with Crippen molar-refractivity contribution in [3.05, 3.63) is 30.3 Å². The molecule has 1 aromatic carbocycles. The molecule has 0 amide bonds. The summed E-state index contributed by atoms with van der Waals surface area (Å²) in [6, 6.07) is 10.5. The molecule has 1 saturated heterocycles. The SMILES string of the molecule is CN(C)C1CCN(C(=Nc2ccccc2)NN)CC1. The van der Waals surface area contributed by atoms with Crippen molar-refractivity contribution in [2.45, 2.75) is 18.9 Å². The number of guanidine groups is 1. The predicted octanol–water partition coefficient (Wildman–Crippen LogP) is 1.16. The van der Waals surface area contributed by atoms with Crippen molar-refractivity contribution in [2.75, 3.05) is 27.2 Å². The fourth-order valence-corrected chi connectivity index (χ4v) is 2.41. The molecule has 2 rings (SSSR count). The van der Waals surface area contributed by atoms with Gasteiger partial charge in [0.25, 0.3) is 0 Å². The molecular weight excluding hydrogens is 238 g/mol. The number of benzene rings is 1. The zero-order chi connectivity index (χ0) is 13.7. The number of piperidine rings is 1. The number of hydrazine groups is 1. The summed E-state index contributed by atoms with van der Waals surface area (Å²) in [6.07, 6.45) is 2.28. The largest absolute Gasteiger partial charge is 0.341 e. The molecular formula is C14H23N5. The maximum absolute atomic E-state index is 5.61. The summed E-state index contributed by atoms with van der Waals surface area (Å²) < 4.78 is 0. The third-order valence-corrected chi connectivity index (χ3v) is 3.61. The van der Waals surface area contributed by atoms with Crippen molar-refractivity contribution in [1.82, 2.24) is 15.2 Å². The number of nitrogens with one attached hydrogen (secondary N) is 1. The zero-order valence-corrected chi connectivity index (χ0v) is 11.7. The Morgan fingerprint density at radius 1 is 1.26 bits per heavy atom. The summed E-state index contributed by atoms with van der Waals surface area (Å²) in [6.45, 7) is 1.97. The number of hydrogen-bond acceptors (Lipinski definition) is 3. The third-order valence-electron chi connectivity index (χ3n) is 3.61. The van der Waals surface area contributed by atoms with Crippen LogP contribution < -0.4 is 11.3 Å². The lowest BCUT2D eigenvalue weighted by atomic mass is 10.0. The molecule has 3 N–H and O–H groups in total. The van der Waals surface area contributed by atoms with E-state index in [1.165, 1.54) is 0 Å². The van der Waals surface area contributed by atoms with E-state index < -0.39 is 0 Å². The second kappa shape index (κ2) is 6.54. The van der Waals surface area contributed by atoms with Crippen LogP contribution in [-0.2, 0) is 0 Å². The first-order valence-corrected chi connectivity index (χ1v) is 6.72. The van der Waals surface area contributed by atoms with Crippen LogP contribution in [0.5, 0.6) is 0 Å². The zero-order valence-electron chi connectivity index (χ0n) is 11.7. The van der Waals surface area contributed by atoms with Crippen molar-refractivity contribution < 1.29 is 0 Å². The third kappa shape index (κ3) is 3.68. The Morgan fingerprint density at radius 3 is 2.42 bits per heavy atom. The van der Waals surface area contributed by atoms with Crippen molar-refractivity contribution >= 4 is 11.6 Å². The number of aliphatic imine (C=N–C) groups is 1. The van der Waals surface area contributed by atoms with Crippen LogP contribution in [0.25, 0.3) is 0 Å². The molecule has 0 saturated carbocycles. The Bertz CT molecular complexity index is 407. The second-order valence-electron chi connectivity index (χ2n) is 5.10. The summed E-state index contributed by atoms with van der Waals surface area (Å²) >= 11 is 0. The average Bonchev–Trinajstić information content (AvgIpc) is 2.46. The highest BCUT2D eigenvalue weighted by Crippen LogP contribution is 2.16. The Morgan fingerprint density at radius 2 is 1.89 bits per heavy atom. The second-order valence-corrected chi connectivity index (χ2v) is 5.10. The van der Waals surface area contributed by atoms with Gasteiger partial charge in [-0.15, -0.1) is 0 Å². The molecule has 104 valence electrons. The molecule has 19 heavy (non-hydrogen) atoms. The highest BCUT2D eigenvalue weighted by Gasteiger charge is 2.22. The Labute approximate surface area is 115 Å². The van der Waals surface area contributed by atoms with Gasteiger partial charge < -0.3 is 9.80 Å². The van der Waals surface area contributed by atoms with Crippen LogP contribution in [0.4, 0.5) is 5.69 Å². The number of rotatable bonds is 2. The molecule has 0 aromatic heterocycles. The van der Waals surface area contributed by atoms with E-state index in [1.54, 1.807) is 0 Å². The molecule has 1 heterocycles. The molecule has 0 spiro atoms. The van der Waals surface area contributed by atoms with E-state index in [0.717, 1.165) is 37.6 Å². The Balaban J connectivity index is 2.02. The molecule has 5 nitrogen and oxygen atoms in total. The Hall–Kier alpha value is -1.59. The number of para-hydroxylation sites is 1. The van der Waals surface area contributed by atoms with Gasteiger partial charge in [-0.3, -0.25) is 5.43 Å². The van der Waals surface area contributed by atoms with Gasteiger partial charge >= 0.3 is 0 Å². The van der Waals surface area contributed by atoms with Crippen molar-refractivity contribution in [2.24, 2.45) is 10.8 Å². The molecule has 0 atom stereocenters. The minimum Gasteiger partial charge on any atom is -0.341 e. The normalized spacial score (nSPS) is 17.9. The van der Waals surface area contributed by atoms with E-state index in [9.17, 15) is 0 Å². The van der Waals surface area contributed by atoms with Crippen LogP contribution in [0.1, 0.15) is 12.8 Å². The Kier molecular flexibility index (Phi) is 4.76. The van der Waals surface area contributed by atoms with Crippen LogP contribution in [0.15, 0.2) is 35.3 Å². The fraction of sp³-hybridized carbons (Fsp3) is 0.500. The van der Waals surface area contributed by atoms with Crippen LogP contribution in [0.3, 0.4) is 0 Å². The summed E-state index contributed by atoms with van der Waals surface area (Å²) in [5, 5.41) is 0. The van der Waals surface area contributed by atoms with Gasteiger partial charge in [0.2, 0.25) is 5.96 Å². The van der Waals surface area contributed by atoms with Crippen LogP contribution in [0, 0.1) is 0 Å². The van der Waals surface area contributed by atoms with Gasteiger partial charge in [0.1, 0.15) is 0 Å². The van der Waals surface area contributed by atoms with Crippen molar-refractivity contribution in [3.8, 4) is 0 Å². The standard InChI is InChI=1S/C14H23N5/c1-18(2)13-8-10-19(11-9-13)14(17-15)16-12-6-4-3-5-7-12/h3-7,13H,8-11,15H2,1-2H3,(H,16,17). The maximum atomic E-state index is 5.61. The first kappa shape index (κ1) is 13.8. The molecule has 1 aliphatic heterocycles. The molecule has 0 radical (unpaired) electrons. The summed E-state index contributed by atoms with van der Waals surface area (Å²) in [5.41, 5.74) is 3.65. The number of likely N-dealkylation sites (tertiary alicyclic amines) is 1. The first-order valence-electron chi connectivity index (χ1n) is 6.72. The van der Waals surface area contributed by atoms with Gasteiger partial charge in [-0.1, -0.05) is 18.2 Å². The molecule has 1 aromatic rings. The number of nitrogens with two attached hydrogens (primary N) is 1. The molecule has 0 aliphatic carbocycles. The number of nitrogens with zero attached hydrogens (tertiary/aromatic N) is 3. The summed E-state index contributed by atoms with van der Waals surface area (Å²) in [5.74, 6) is 6.37. The minimum absolute atomic E-state index is 0.659. The first-order chi connectivity index (χ1) is 9.20. The van der Waals surface area contributed by atoms with Crippen LogP contribution in [-0.4, -0.2) is 49.0 Å². The predicted molar refractivity (Wildman–Crippen MR) is 79.1 cm³/mol. The van der Waals surface area contributed by atoms with E-state index in [1.807, 2.05) is 30.3 Å². The van der Waals surface area contributed by atoms with E-state index in [0.29, 0.717) is 6.04 Å². The molecule has 1 fully saturated rings. The highest BCUT2D eigenvalue weighted by molar-refractivity contribution is 5.82.